The van der Waals surface area contributed by atoms with Crippen LogP contribution in [0.2, 0.25) is 0 Å². The molecule has 0 saturated carbocycles. The largest absolute Gasteiger partial charge is 0.493 e. The lowest BCUT2D eigenvalue weighted by Crippen LogP contribution is -2.20. The molecule has 0 bridgehead atoms. The summed E-state index contributed by atoms with van der Waals surface area (Å²) in [7, 11) is 1.52. The van der Waals surface area contributed by atoms with Gasteiger partial charge in [-0.3, -0.25) is 4.79 Å². The van der Waals surface area contributed by atoms with E-state index in [2.05, 4.69) is 32.6 Å². The second-order valence-corrected chi connectivity index (χ2v) is 7.25. The zero-order valence-electron chi connectivity index (χ0n) is 16.6. The van der Waals surface area contributed by atoms with Gasteiger partial charge in [-0.2, -0.15) is 15.0 Å². The number of rotatable bonds is 7. The van der Waals surface area contributed by atoms with Crippen molar-refractivity contribution in [1.82, 2.24) is 9.66 Å². The third-order valence-electron chi connectivity index (χ3n) is 4.31. The van der Waals surface area contributed by atoms with Crippen molar-refractivity contribution in [3.8, 4) is 17.6 Å². The zero-order chi connectivity index (χ0) is 21.7. The first-order chi connectivity index (χ1) is 14.5. The predicted molar refractivity (Wildman–Crippen MR) is 119 cm³/mol. The molecule has 30 heavy (non-hydrogen) atoms. The summed E-state index contributed by atoms with van der Waals surface area (Å²) in [5.74, 6) is 1.43. The molecule has 8 heteroatoms. The Balaban J connectivity index is 2.07. The van der Waals surface area contributed by atoms with Crippen LogP contribution in [0.1, 0.15) is 17.0 Å². The molecule has 152 valence electrons. The van der Waals surface area contributed by atoms with Crippen molar-refractivity contribution in [2.45, 2.75) is 13.3 Å². The number of hydrogen-bond donors (Lipinski definition) is 0. The fourth-order valence-corrected chi connectivity index (χ4v) is 3.37. The lowest BCUT2D eigenvalue weighted by molar-refractivity contribution is 0.327. The molecule has 0 atom stereocenters. The number of methoxy groups -OCH3 is 1. The molecule has 0 unspecified atom stereocenters. The summed E-state index contributed by atoms with van der Waals surface area (Å²) in [5.41, 5.74) is 1.85. The Hall–Kier alpha value is -3.44. The second kappa shape index (κ2) is 9.37. The fraction of sp³-hybridized carbons (Fsp3) is 0.182. The number of nitriles is 1. The molecule has 0 radical (unpaired) electrons. The van der Waals surface area contributed by atoms with Crippen LogP contribution in [0, 0.1) is 18.3 Å². The Kier molecular flexibility index (Phi) is 6.65. The van der Waals surface area contributed by atoms with Gasteiger partial charge in [-0.1, -0.05) is 22.0 Å². The maximum absolute atomic E-state index is 12.9. The van der Waals surface area contributed by atoms with Crippen LogP contribution in [0.5, 0.6) is 11.5 Å². The van der Waals surface area contributed by atoms with Crippen molar-refractivity contribution >= 4 is 33.0 Å². The van der Waals surface area contributed by atoms with E-state index in [4.69, 9.17) is 14.7 Å². The molecule has 0 saturated heterocycles. The Bertz CT molecular complexity index is 1240. The number of halogens is 1. The van der Waals surface area contributed by atoms with E-state index in [-0.39, 0.29) is 12.2 Å². The number of hydrogen-bond acceptors (Lipinski definition) is 6. The van der Waals surface area contributed by atoms with Crippen molar-refractivity contribution in [3.63, 3.8) is 0 Å². The van der Waals surface area contributed by atoms with Crippen LogP contribution < -0.4 is 15.0 Å². The molecule has 1 heterocycles. The standard InChI is InChI=1S/C22H19BrN4O3/c1-4-5-16-10-15(11-20(29-3)21(16)30-9-8-24)13-25-27-14(2)26-19-7-6-17(23)12-18(19)22(27)28/h4,6-7,10-13H,1,5,9H2,2-3H3. The van der Waals surface area contributed by atoms with Crippen molar-refractivity contribution in [1.29, 1.82) is 5.26 Å². The fourth-order valence-electron chi connectivity index (χ4n) is 3.01. The van der Waals surface area contributed by atoms with Gasteiger partial charge in [0.05, 0.1) is 24.2 Å². The van der Waals surface area contributed by atoms with Crippen LogP contribution in [-0.4, -0.2) is 29.6 Å². The summed E-state index contributed by atoms with van der Waals surface area (Å²) in [6, 6.07) is 10.9. The van der Waals surface area contributed by atoms with E-state index in [0.29, 0.717) is 40.2 Å². The molecule has 3 aromatic rings. The molecular weight excluding hydrogens is 448 g/mol. The van der Waals surface area contributed by atoms with Gasteiger partial charge in [0.2, 0.25) is 0 Å². The van der Waals surface area contributed by atoms with E-state index in [0.717, 1.165) is 10.0 Å². The summed E-state index contributed by atoms with van der Waals surface area (Å²) < 4.78 is 13.0. The van der Waals surface area contributed by atoms with Gasteiger partial charge in [-0.15, -0.1) is 6.58 Å². The van der Waals surface area contributed by atoms with Crippen molar-refractivity contribution in [2.24, 2.45) is 5.10 Å². The molecule has 0 N–H and O–H groups in total. The normalized spacial score (nSPS) is 10.9. The Morgan fingerprint density at radius 3 is 2.87 bits per heavy atom. The monoisotopic (exact) mass is 466 g/mol. The minimum absolute atomic E-state index is 0.0964. The van der Waals surface area contributed by atoms with Crippen LogP contribution in [0.3, 0.4) is 0 Å². The van der Waals surface area contributed by atoms with Gasteiger partial charge in [-0.25, -0.2) is 4.98 Å². The van der Waals surface area contributed by atoms with E-state index in [1.807, 2.05) is 18.2 Å². The molecule has 0 aliphatic heterocycles. The summed E-state index contributed by atoms with van der Waals surface area (Å²) in [4.78, 5) is 17.3. The maximum atomic E-state index is 12.9. The molecule has 1 aromatic heterocycles. The van der Waals surface area contributed by atoms with Gasteiger partial charge in [0.25, 0.3) is 5.56 Å². The second-order valence-electron chi connectivity index (χ2n) is 6.33. The van der Waals surface area contributed by atoms with Crippen LogP contribution in [0.4, 0.5) is 0 Å². The molecular formula is C22H19BrN4O3. The van der Waals surface area contributed by atoms with Crippen LogP contribution in [-0.2, 0) is 6.42 Å². The Labute approximate surface area is 182 Å². The molecule has 0 amide bonds. The number of nitrogens with zero attached hydrogens (tertiary/aromatic N) is 4. The van der Waals surface area contributed by atoms with E-state index in [9.17, 15) is 4.79 Å². The predicted octanol–water partition coefficient (Wildman–Crippen LogP) is 3.99. The molecule has 2 aromatic carbocycles. The average Bonchev–Trinajstić information content (AvgIpc) is 2.73. The summed E-state index contributed by atoms with van der Waals surface area (Å²) in [6.45, 7) is 5.39. The van der Waals surface area contributed by atoms with Crippen molar-refractivity contribution < 1.29 is 9.47 Å². The Morgan fingerprint density at radius 2 is 2.17 bits per heavy atom. The first-order valence-electron chi connectivity index (χ1n) is 9.03. The van der Waals surface area contributed by atoms with Crippen LogP contribution >= 0.6 is 15.9 Å². The molecule has 0 aliphatic rings. The summed E-state index contributed by atoms with van der Waals surface area (Å²) >= 11 is 3.38. The zero-order valence-corrected chi connectivity index (χ0v) is 18.1. The third kappa shape index (κ3) is 4.42. The molecule has 0 spiro atoms. The minimum Gasteiger partial charge on any atom is -0.493 e. The Morgan fingerprint density at radius 1 is 1.37 bits per heavy atom. The van der Waals surface area contributed by atoms with Gasteiger partial charge in [0.1, 0.15) is 11.9 Å². The molecule has 7 nitrogen and oxygen atoms in total. The molecule has 0 aliphatic carbocycles. The third-order valence-corrected chi connectivity index (χ3v) is 4.81. The highest BCUT2D eigenvalue weighted by Crippen LogP contribution is 2.33. The highest BCUT2D eigenvalue weighted by Gasteiger charge is 2.13. The SMILES string of the molecule is C=CCc1cc(C=Nn2c(C)nc3ccc(Br)cc3c2=O)cc(OC)c1OCC#N. The van der Waals surface area contributed by atoms with Gasteiger partial charge in [-0.05, 0) is 49.2 Å². The van der Waals surface area contributed by atoms with E-state index in [1.54, 1.807) is 37.4 Å². The van der Waals surface area contributed by atoms with E-state index >= 15 is 0 Å². The summed E-state index contributed by atoms with van der Waals surface area (Å²) in [5, 5.41) is 13.6. The minimum atomic E-state index is -0.262. The lowest BCUT2D eigenvalue weighted by Gasteiger charge is -2.14. The van der Waals surface area contributed by atoms with Crippen LogP contribution in [0.25, 0.3) is 10.9 Å². The first-order valence-corrected chi connectivity index (χ1v) is 9.82. The van der Waals surface area contributed by atoms with Crippen molar-refractivity contribution in [2.75, 3.05) is 13.7 Å². The van der Waals surface area contributed by atoms with Crippen LogP contribution in [0.15, 0.2) is 57.4 Å². The summed E-state index contributed by atoms with van der Waals surface area (Å²) in [6.07, 6.45) is 3.81. The number of aromatic nitrogens is 2. The first kappa shape index (κ1) is 21.3. The maximum Gasteiger partial charge on any atom is 0.282 e. The number of fused-ring (bicyclic) bond motifs is 1. The van der Waals surface area contributed by atoms with E-state index in [1.165, 1.54) is 11.8 Å². The van der Waals surface area contributed by atoms with E-state index < -0.39 is 0 Å². The highest BCUT2D eigenvalue weighted by atomic mass is 79.9. The van der Waals surface area contributed by atoms with Gasteiger partial charge in [0, 0.05) is 10.0 Å². The highest BCUT2D eigenvalue weighted by molar-refractivity contribution is 9.10. The number of allylic oxidation sites excluding steroid dienone is 1. The molecule has 3 rings (SSSR count). The quantitative estimate of drug-likeness (QED) is 0.387. The number of ether oxygens (including phenoxy) is 2. The number of aryl methyl sites for hydroxylation is 1. The lowest BCUT2D eigenvalue weighted by atomic mass is 10.1. The smallest absolute Gasteiger partial charge is 0.282 e. The average molecular weight is 467 g/mol. The van der Waals surface area contributed by atoms with Crippen molar-refractivity contribution in [3.05, 3.63) is 74.8 Å². The van der Waals surface area contributed by atoms with Gasteiger partial charge in [0.15, 0.2) is 18.1 Å². The topological polar surface area (TPSA) is 89.5 Å². The van der Waals surface area contributed by atoms with Gasteiger partial charge < -0.3 is 9.47 Å². The molecule has 0 fully saturated rings. The number of benzene rings is 2. The van der Waals surface area contributed by atoms with Gasteiger partial charge >= 0.3 is 0 Å².